The van der Waals surface area contributed by atoms with E-state index in [1.807, 2.05) is 0 Å². The van der Waals surface area contributed by atoms with Gasteiger partial charge < -0.3 is 14.6 Å². The van der Waals surface area contributed by atoms with Gasteiger partial charge in [-0.25, -0.2) is 9.89 Å². The maximum atomic E-state index is 11.6. The van der Waals surface area contributed by atoms with E-state index in [9.17, 15) is 9.59 Å². The minimum Gasteiger partial charge on any atom is -0.493 e. The Bertz CT molecular complexity index is 677. The van der Waals surface area contributed by atoms with E-state index in [-0.39, 0.29) is 16.5 Å². The molecule has 0 unspecified atom stereocenters. The number of nitrogens with zero attached hydrogens (tertiary/aromatic N) is 1. The minimum atomic E-state index is -1.23. The highest BCUT2D eigenvalue weighted by Gasteiger charge is 2.16. The first-order valence-electron chi connectivity index (χ1n) is 4.96. The van der Waals surface area contributed by atoms with Gasteiger partial charge in [-0.3, -0.25) is 4.79 Å². The van der Waals surface area contributed by atoms with Gasteiger partial charge in [0.05, 0.1) is 19.6 Å². The fourth-order valence-electron chi connectivity index (χ4n) is 1.65. The maximum absolute atomic E-state index is 11.6. The summed E-state index contributed by atoms with van der Waals surface area (Å²) in [6.45, 7) is 0. The first kappa shape index (κ1) is 11.9. The molecule has 2 N–H and O–H groups in total. The Balaban J connectivity index is 2.91. The SMILES string of the molecule is COc1cc2c(C(=O)O)n[nH]c(=O)c2cc1OC. The Morgan fingerprint density at radius 3 is 2.28 bits per heavy atom. The van der Waals surface area contributed by atoms with Crippen LogP contribution in [-0.2, 0) is 0 Å². The Labute approximate surface area is 101 Å². The van der Waals surface area contributed by atoms with E-state index in [1.165, 1.54) is 26.4 Å². The predicted molar refractivity (Wildman–Crippen MR) is 62.4 cm³/mol. The number of H-pyrrole nitrogens is 1. The molecule has 0 saturated heterocycles. The largest absolute Gasteiger partial charge is 0.493 e. The zero-order valence-electron chi connectivity index (χ0n) is 9.68. The molecule has 0 aliphatic rings. The van der Waals surface area contributed by atoms with Gasteiger partial charge in [-0.2, -0.15) is 5.10 Å². The molecule has 1 aromatic heterocycles. The molecule has 0 aliphatic carbocycles. The molecule has 0 spiro atoms. The van der Waals surface area contributed by atoms with Crippen LogP contribution in [-0.4, -0.2) is 35.5 Å². The van der Waals surface area contributed by atoms with Gasteiger partial charge >= 0.3 is 5.97 Å². The second-order valence-electron chi connectivity index (χ2n) is 3.46. The number of carbonyl (C=O) groups is 1. The van der Waals surface area contributed by atoms with E-state index in [0.29, 0.717) is 11.5 Å². The van der Waals surface area contributed by atoms with Crippen LogP contribution in [0.1, 0.15) is 10.5 Å². The molecule has 0 atom stereocenters. The van der Waals surface area contributed by atoms with E-state index in [0.717, 1.165) is 0 Å². The van der Waals surface area contributed by atoms with Gasteiger partial charge in [-0.05, 0) is 12.1 Å². The van der Waals surface area contributed by atoms with Crippen LogP contribution in [0.5, 0.6) is 11.5 Å². The molecule has 2 aromatic rings. The van der Waals surface area contributed by atoms with Crippen molar-refractivity contribution in [1.29, 1.82) is 0 Å². The van der Waals surface area contributed by atoms with Crippen molar-refractivity contribution >= 4 is 16.7 Å². The molecule has 7 nitrogen and oxygen atoms in total. The monoisotopic (exact) mass is 250 g/mol. The number of aromatic amines is 1. The van der Waals surface area contributed by atoms with Crippen molar-refractivity contribution in [3.05, 3.63) is 28.2 Å². The quantitative estimate of drug-likeness (QED) is 0.828. The minimum absolute atomic E-state index is 0.181. The number of hydrogen-bond acceptors (Lipinski definition) is 5. The van der Waals surface area contributed by atoms with Crippen LogP contribution in [0.3, 0.4) is 0 Å². The fourth-order valence-corrected chi connectivity index (χ4v) is 1.65. The van der Waals surface area contributed by atoms with Crippen LogP contribution in [0.15, 0.2) is 16.9 Å². The molecule has 0 aliphatic heterocycles. The van der Waals surface area contributed by atoms with Gasteiger partial charge in [0, 0.05) is 5.39 Å². The third kappa shape index (κ3) is 1.75. The smallest absolute Gasteiger partial charge is 0.356 e. The van der Waals surface area contributed by atoms with E-state index in [2.05, 4.69) is 10.2 Å². The highest BCUT2D eigenvalue weighted by molar-refractivity contribution is 6.02. The molecule has 1 heterocycles. The summed E-state index contributed by atoms with van der Waals surface area (Å²) in [5.74, 6) is -0.554. The van der Waals surface area contributed by atoms with Gasteiger partial charge in [0.1, 0.15) is 0 Å². The average molecular weight is 250 g/mol. The number of fused-ring (bicyclic) bond motifs is 1. The van der Waals surface area contributed by atoms with E-state index in [1.54, 1.807) is 0 Å². The van der Waals surface area contributed by atoms with Crippen LogP contribution >= 0.6 is 0 Å². The second kappa shape index (κ2) is 4.36. The summed E-state index contributed by atoms with van der Waals surface area (Å²) >= 11 is 0. The van der Waals surface area contributed by atoms with Gasteiger partial charge in [0.15, 0.2) is 17.2 Å². The van der Waals surface area contributed by atoms with E-state index >= 15 is 0 Å². The van der Waals surface area contributed by atoms with Crippen LogP contribution in [0.4, 0.5) is 0 Å². The van der Waals surface area contributed by atoms with Crippen LogP contribution in [0.2, 0.25) is 0 Å². The average Bonchev–Trinajstić information content (AvgIpc) is 2.37. The molecule has 18 heavy (non-hydrogen) atoms. The molecule has 1 aromatic carbocycles. The number of benzene rings is 1. The van der Waals surface area contributed by atoms with Crippen molar-refractivity contribution < 1.29 is 19.4 Å². The van der Waals surface area contributed by atoms with Crippen molar-refractivity contribution in [1.82, 2.24) is 10.2 Å². The van der Waals surface area contributed by atoms with Gasteiger partial charge in [-0.1, -0.05) is 0 Å². The number of aromatic carboxylic acids is 1. The van der Waals surface area contributed by atoms with Crippen molar-refractivity contribution in [3.63, 3.8) is 0 Å². The Morgan fingerprint density at radius 2 is 1.78 bits per heavy atom. The number of nitrogens with one attached hydrogen (secondary N) is 1. The topological polar surface area (TPSA) is 102 Å². The van der Waals surface area contributed by atoms with Crippen LogP contribution in [0, 0.1) is 0 Å². The highest BCUT2D eigenvalue weighted by Crippen LogP contribution is 2.31. The molecule has 7 heteroatoms. The number of carboxylic acid groups (broad SMARTS) is 1. The lowest BCUT2D eigenvalue weighted by molar-refractivity contribution is 0.0691. The molecule has 0 fully saturated rings. The van der Waals surface area contributed by atoms with Gasteiger partial charge in [-0.15, -0.1) is 0 Å². The van der Waals surface area contributed by atoms with E-state index in [4.69, 9.17) is 14.6 Å². The molecular weight excluding hydrogens is 240 g/mol. The summed E-state index contributed by atoms with van der Waals surface area (Å²) < 4.78 is 10.1. The zero-order chi connectivity index (χ0) is 13.3. The molecule has 0 radical (unpaired) electrons. The molecule has 0 bridgehead atoms. The summed E-state index contributed by atoms with van der Waals surface area (Å²) in [6, 6.07) is 2.83. The Kier molecular flexibility index (Phi) is 2.88. The lowest BCUT2D eigenvalue weighted by Crippen LogP contribution is -2.14. The number of aromatic nitrogens is 2. The number of hydrogen-bond donors (Lipinski definition) is 2. The Hall–Kier alpha value is -2.57. The van der Waals surface area contributed by atoms with Crippen molar-refractivity contribution in [2.45, 2.75) is 0 Å². The van der Waals surface area contributed by atoms with E-state index < -0.39 is 11.5 Å². The van der Waals surface area contributed by atoms with Crippen molar-refractivity contribution in [2.75, 3.05) is 14.2 Å². The van der Waals surface area contributed by atoms with Crippen molar-refractivity contribution in [3.8, 4) is 11.5 Å². The maximum Gasteiger partial charge on any atom is 0.356 e. The molecular formula is C11H10N2O5. The second-order valence-corrected chi connectivity index (χ2v) is 3.46. The standard InChI is InChI=1S/C11H10N2O5/c1-17-7-3-5-6(4-8(7)18-2)10(14)13-12-9(5)11(15)16/h3-4H,1-2H3,(H,13,14)(H,15,16). The third-order valence-electron chi connectivity index (χ3n) is 2.50. The molecule has 94 valence electrons. The molecule has 0 amide bonds. The molecule has 2 rings (SSSR count). The number of ether oxygens (including phenoxy) is 2. The van der Waals surface area contributed by atoms with Crippen LogP contribution < -0.4 is 15.0 Å². The zero-order valence-corrected chi connectivity index (χ0v) is 9.68. The van der Waals surface area contributed by atoms with Gasteiger partial charge in [0.25, 0.3) is 5.56 Å². The van der Waals surface area contributed by atoms with Gasteiger partial charge in [0.2, 0.25) is 0 Å². The number of rotatable bonds is 3. The first-order valence-corrected chi connectivity index (χ1v) is 4.96. The van der Waals surface area contributed by atoms with Crippen molar-refractivity contribution in [2.24, 2.45) is 0 Å². The third-order valence-corrected chi connectivity index (χ3v) is 2.50. The summed E-state index contributed by atoms with van der Waals surface area (Å²) in [7, 11) is 2.85. The Morgan fingerprint density at radius 1 is 1.22 bits per heavy atom. The normalized spacial score (nSPS) is 10.3. The lowest BCUT2D eigenvalue weighted by atomic mass is 10.1. The first-order chi connectivity index (χ1) is 8.58. The lowest BCUT2D eigenvalue weighted by Gasteiger charge is -2.09. The van der Waals surface area contributed by atoms with Crippen LogP contribution in [0.25, 0.3) is 10.8 Å². The number of carboxylic acids is 1. The number of methoxy groups -OCH3 is 2. The summed E-state index contributed by atoms with van der Waals surface area (Å²) in [5, 5.41) is 15.0. The molecule has 0 saturated carbocycles. The predicted octanol–water partition coefficient (Wildman–Crippen LogP) is 0.638. The summed E-state index contributed by atoms with van der Waals surface area (Å²) in [6.07, 6.45) is 0. The summed E-state index contributed by atoms with van der Waals surface area (Å²) in [4.78, 5) is 22.6. The fraction of sp³-hybridized carbons (Fsp3) is 0.182. The summed E-state index contributed by atoms with van der Waals surface area (Å²) in [5.41, 5.74) is -0.735. The highest BCUT2D eigenvalue weighted by atomic mass is 16.5.